The molecule has 6 heteroatoms. The van der Waals surface area contributed by atoms with Crippen LogP contribution in [0, 0.1) is 0 Å². The number of fused-ring (bicyclic) bond motifs is 13. The van der Waals surface area contributed by atoms with E-state index in [9.17, 15) is 0 Å². The Morgan fingerprint density at radius 3 is 1.05 bits per heavy atom. The Labute approximate surface area is 578 Å². The van der Waals surface area contributed by atoms with Crippen LogP contribution in [0.1, 0.15) is 105 Å². The van der Waals surface area contributed by atoms with Gasteiger partial charge in [0.25, 0.3) is 0 Å². The van der Waals surface area contributed by atoms with Crippen LogP contribution < -0.4 is 0 Å². The lowest BCUT2D eigenvalue weighted by molar-refractivity contribution is 0.568. The zero-order chi connectivity index (χ0) is 67.3. The summed E-state index contributed by atoms with van der Waals surface area (Å²) in [7, 11) is 0. The number of benzene rings is 12. The van der Waals surface area contributed by atoms with Crippen molar-refractivity contribution in [3.8, 4) is 73.2 Å². The first-order valence-corrected chi connectivity index (χ1v) is 35.4. The van der Waals surface area contributed by atoms with Gasteiger partial charge in [0.15, 0.2) is 5.82 Å². The minimum atomic E-state index is -0.139. The summed E-state index contributed by atoms with van der Waals surface area (Å²) < 4.78 is 10.2. The maximum atomic E-state index is 5.99. The second kappa shape index (κ2) is 22.5. The third-order valence-corrected chi connectivity index (χ3v) is 21.7. The average molecular weight is 1290 g/mol. The van der Waals surface area contributed by atoms with Crippen LogP contribution in [0.4, 0.5) is 0 Å². The van der Waals surface area contributed by atoms with Crippen molar-refractivity contribution >= 4 is 96.9 Å². The topological polar surface area (TPSA) is 40.6 Å². The van der Waals surface area contributed by atoms with Crippen LogP contribution >= 0.6 is 11.3 Å². The van der Waals surface area contributed by atoms with Crippen molar-refractivity contribution in [1.29, 1.82) is 0 Å². The SMILES string of the molecule is CC(C)(C)c1cc(-c2cc(-c3cc(C(C)(C)C)cc(C(C)(C)C)c3)nc(-c3cc(-c4ccccc4-n4c5ccccc5c5ccccc54)c(-n4c5ccccc5c5c6sc7ccccc7c6ccc54)c(-c4ccccc4-n4c5ccccc5c5ccccc54)c3)n2)cc(C(C)(C)C)c1. The van der Waals surface area contributed by atoms with Gasteiger partial charge in [0.2, 0.25) is 0 Å². The van der Waals surface area contributed by atoms with Crippen molar-refractivity contribution in [3.05, 3.63) is 283 Å². The molecule has 0 unspecified atom stereocenters. The highest BCUT2D eigenvalue weighted by Gasteiger charge is 2.30. The Kier molecular flexibility index (Phi) is 14.0. The van der Waals surface area contributed by atoms with Crippen LogP contribution in [0.15, 0.2) is 261 Å². The lowest BCUT2D eigenvalue weighted by Gasteiger charge is -2.27. The molecule has 0 fully saturated rings. The molecule has 478 valence electrons. The minimum Gasteiger partial charge on any atom is -0.309 e. The van der Waals surface area contributed by atoms with Crippen molar-refractivity contribution in [2.45, 2.75) is 105 Å². The zero-order valence-electron chi connectivity index (χ0n) is 58.0. The van der Waals surface area contributed by atoms with Crippen LogP contribution in [-0.2, 0) is 21.7 Å². The molecule has 0 atom stereocenters. The molecule has 0 bridgehead atoms. The molecule has 0 spiro atoms. The molecular formula is C92H79N5S. The molecule has 17 aromatic rings. The first-order valence-electron chi connectivity index (χ1n) is 34.5. The van der Waals surface area contributed by atoms with Crippen molar-refractivity contribution in [1.82, 2.24) is 23.7 Å². The van der Waals surface area contributed by atoms with E-state index in [-0.39, 0.29) is 21.7 Å². The van der Waals surface area contributed by atoms with E-state index >= 15 is 0 Å². The number of thiophene rings is 1. The molecule has 17 rings (SSSR count). The molecule has 0 N–H and O–H groups in total. The van der Waals surface area contributed by atoms with E-state index in [4.69, 9.17) is 9.97 Å². The summed E-state index contributed by atoms with van der Waals surface area (Å²) in [5.74, 6) is 0.640. The van der Waals surface area contributed by atoms with Gasteiger partial charge in [0, 0.05) is 91.4 Å². The Morgan fingerprint density at radius 2 is 0.633 bits per heavy atom. The van der Waals surface area contributed by atoms with E-state index in [0.717, 1.165) is 100 Å². The molecule has 0 aliphatic heterocycles. The first-order chi connectivity index (χ1) is 47.1. The third kappa shape index (κ3) is 10.0. The highest BCUT2D eigenvalue weighted by molar-refractivity contribution is 7.26. The fourth-order valence-corrected chi connectivity index (χ4v) is 16.5. The average Bonchev–Trinajstić information content (AvgIpc) is 1.53. The van der Waals surface area contributed by atoms with Crippen LogP contribution in [-0.4, -0.2) is 23.7 Å². The number of hydrogen-bond donors (Lipinski definition) is 0. The molecule has 5 nitrogen and oxygen atoms in total. The van der Waals surface area contributed by atoms with Crippen LogP contribution in [0.5, 0.6) is 0 Å². The van der Waals surface area contributed by atoms with Crippen molar-refractivity contribution in [2.75, 3.05) is 0 Å². The molecule has 5 aromatic heterocycles. The normalized spacial score (nSPS) is 12.7. The van der Waals surface area contributed by atoms with Crippen LogP contribution in [0.2, 0.25) is 0 Å². The molecule has 0 aliphatic rings. The summed E-state index contributed by atoms with van der Waals surface area (Å²) in [6, 6.07) is 98.0. The Balaban J connectivity index is 1.07. The fourth-order valence-electron chi connectivity index (χ4n) is 15.2. The van der Waals surface area contributed by atoms with Crippen LogP contribution in [0.3, 0.4) is 0 Å². The lowest BCUT2D eigenvalue weighted by Crippen LogP contribution is -2.17. The first kappa shape index (κ1) is 61.0. The van der Waals surface area contributed by atoms with Crippen molar-refractivity contribution < 1.29 is 0 Å². The van der Waals surface area contributed by atoms with E-state index in [1.165, 1.54) is 74.7 Å². The molecule has 0 amide bonds. The van der Waals surface area contributed by atoms with Gasteiger partial charge in [-0.05, 0) is 141 Å². The van der Waals surface area contributed by atoms with Crippen LogP contribution in [0.25, 0.3) is 159 Å². The summed E-state index contributed by atoms with van der Waals surface area (Å²) >= 11 is 1.89. The van der Waals surface area contributed by atoms with E-state index in [1.54, 1.807) is 0 Å². The predicted molar refractivity (Wildman–Crippen MR) is 420 cm³/mol. The third-order valence-electron chi connectivity index (χ3n) is 20.5. The standard InChI is InChI=1S/C92H79N5S/c1-89(2,3)59-47-56(48-60(53-59)90(4,5)6)74-55-75(57-49-61(91(7,8)9)54-62(50-57)92(10,11)12)94-88(93-74)58-51-72(67-33-17-25-41-80(67)95-76-37-21-13-29-63(76)64-30-14-22-38-77(64)95)86(97-82-43-27-19-36-71(82)85-83(97)46-45-70-69-35-20-28-44-84(69)98-87(70)85)73(52-58)68-34-18-26-42-81(68)96-78-39-23-15-31-65(78)66-32-16-24-40-79(66)96/h13-55H,1-12H3. The van der Waals surface area contributed by atoms with E-state index in [0.29, 0.717) is 5.82 Å². The van der Waals surface area contributed by atoms with Gasteiger partial charge in [-0.2, -0.15) is 0 Å². The summed E-state index contributed by atoms with van der Waals surface area (Å²) in [4.78, 5) is 12.0. The molecule has 0 radical (unpaired) electrons. The van der Waals surface area contributed by atoms with Crippen molar-refractivity contribution in [3.63, 3.8) is 0 Å². The predicted octanol–water partition coefficient (Wildman–Crippen LogP) is 25.7. The molecule has 0 saturated carbocycles. The molecule has 0 aliphatic carbocycles. The van der Waals surface area contributed by atoms with E-state index in [1.807, 2.05) is 11.3 Å². The molecule has 0 saturated heterocycles. The quantitative estimate of drug-likeness (QED) is 0.152. The maximum absolute atomic E-state index is 5.99. The minimum absolute atomic E-state index is 0.139. The van der Waals surface area contributed by atoms with E-state index in [2.05, 4.69) is 358 Å². The number of para-hydroxylation sites is 7. The number of nitrogens with zero attached hydrogens (tertiary/aromatic N) is 5. The molecule has 98 heavy (non-hydrogen) atoms. The number of aromatic nitrogens is 5. The number of rotatable bonds is 8. The highest BCUT2D eigenvalue weighted by Crippen LogP contribution is 2.51. The lowest BCUT2D eigenvalue weighted by atomic mass is 9.79. The number of hydrogen-bond acceptors (Lipinski definition) is 3. The molecule has 5 heterocycles. The van der Waals surface area contributed by atoms with Gasteiger partial charge in [-0.25, -0.2) is 9.97 Å². The van der Waals surface area contributed by atoms with Gasteiger partial charge >= 0.3 is 0 Å². The second-order valence-corrected chi connectivity index (χ2v) is 32.1. The smallest absolute Gasteiger partial charge is 0.160 e. The zero-order valence-corrected chi connectivity index (χ0v) is 58.8. The molecule has 12 aromatic carbocycles. The van der Waals surface area contributed by atoms with Gasteiger partial charge < -0.3 is 13.7 Å². The Morgan fingerprint density at radius 1 is 0.276 bits per heavy atom. The van der Waals surface area contributed by atoms with Gasteiger partial charge in [0.05, 0.1) is 61.6 Å². The summed E-state index contributed by atoms with van der Waals surface area (Å²) in [6.07, 6.45) is 0. The van der Waals surface area contributed by atoms with Gasteiger partial charge in [0.1, 0.15) is 0 Å². The fraction of sp³-hybridized carbons (Fsp3) is 0.174. The monoisotopic (exact) mass is 1290 g/mol. The highest BCUT2D eigenvalue weighted by atomic mass is 32.1. The summed E-state index contributed by atoms with van der Waals surface area (Å²) in [5.41, 5.74) is 23.5. The van der Waals surface area contributed by atoms with Gasteiger partial charge in [-0.3, -0.25) is 0 Å². The summed E-state index contributed by atoms with van der Waals surface area (Å²) in [5, 5.41) is 9.80. The van der Waals surface area contributed by atoms with Crippen molar-refractivity contribution in [2.24, 2.45) is 0 Å². The Bertz CT molecular complexity index is 5670. The second-order valence-electron chi connectivity index (χ2n) is 31.0. The van der Waals surface area contributed by atoms with E-state index < -0.39 is 0 Å². The summed E-state index contributed by atoms with van der Waals surface area (Å²) in [6.45, 7) is 27.9. The largest absolute Gasteiger partial charge is 0.309 e. The maximum Gasteiger partial charge on any atom is 0.160 e. The van der Waals surface area contributed by atoms with Gasteiger partial charge in [-0.15, -0.1) is 11.3 Å². The Hall–Kier alpha value is -10.7. The van der Waals surface area contributed by atoms with Gasteiger partial charge in [-0.1, -0.05) is 247 Å². The molecular weight excluding hydrogens is 1210 g/mol.